The van der Waals surface area contributed by atoms with Gasteiger partial charge in [-0.25, -0.2) is 0 Å². The van der Waals surface area contributed by atoms with E-state index in [0.717, 1.165) is 25.8 Å². The fourth-order valence-corrected chi connectivity index (χ4v) is 1.99. The van der Waals surface area contributed by atoms with Crippen LogP contribution in [0.3, 0.4) is 0 Å². The van der Waals surface area contributed by atoms with Gasteiger partial charge in [-0.3, -0.25) is 4.79 Å². The van der Waals surface area contributed by atoms with Crippen molar-refractivity contribution >= 4 is 5.91 Å². The Balaban J connectivity index is 2.28. The Hall–Kier alpha value is -0.570. The van der Waals surface area contributed by atoms with E-state index in [4.69, 9.17) is 5.73 Å². The SMILES string of the molecule is CC(N)CCN(C)C(=O)C1CCCC1. The van der Waals surface area contributed by atoms with Gasteiger partial charge in [0.05, 0.1) is 0 Å². The monoisotopic (exact) mass is 198 g/mol. The molecule has 1 atom stereocenters. The maximum Gasteiger partial charge on any atom is 0.225 e. The first-order valence-electron chi connectivity index (χ1n) is 5.62. The summed E-state index contributed by atoms with van der Waals surface area (Å²) in [6, 6.07) is 0.189. The molecule has 14 heavy (non-hydrogen) atoms. The molecule has 0 aliphatic heterocycles. The Bertz CT molecular complexity index is 186. The molecule has 3 heteroatoms. The van der Waals surface area contributed by atoms with E-state index in [1.807, 2.05) is 18.9 Å². The molecular formula is C11H22N2O. The van der Waals surface area contributed by atoms with Crippen LogP contribution in [0.15, 0.2) is 0 Å². The van der Waals surface area contributed by atoms with E-state index in [-0.39, 0.29) is 6.04 Å². The fourth-order valence-electron chi connectivity index (χ4n) is 1.99. The van der Waals surface area contributed by atoms with Gasteiger partial charge in [0.1, 0.15) is 0 Å². The summed E-state index contributed by atoms with van der Waals surface area (Å²) in [4.78, 5) is 13.7. The Morgan fingerprint density at radius 1 is 1.50 bits per heavy atom. The molecule has 0 aromatic rings. The van der Waals surface area contributed by atoms with E-state index in [2.05, 4.69) is 0 Å². The molecule has 1 saturated carbocycles. The van der Waals surface area contributed by atoms with Gasteiger partial charge in [-0.15, -0.1) is 0 Å². The molecule has 0 aromatic heterocycles. The van der Waals surface area contributed by atoms with Crippen LogP contribution in [-0.2, 0) is 4.79 Å². The molecule has 0 heterocycles. The average Bonchev–Trinajstić information content (AvgIpc) is 2.65. The standard InChI is InChI=1S/C11H22N2O/c1-9(12)7-8-13(2)11(14)10-5-3-4-6-10/h9-10H,3-8,12H2,1-2H3. The van der Waals surface area contributed by atoms with Gasteiger partial charge in [-0.2, -0.15) is 0 Å². The van der Waals surface area contributed by atoms with E-state index in [9.17, 15) is 4.79 Å². The minimum Gasteiger partial charge on any atom is -0.345 e. The van der Waals surface area contributed by atoms with Crippen LogP contribution < -0.4 is 5.73 Å². The topological polar surface area (TPSA) is 46.3 Å². The first-order valence-corrected chi connectivity index (χ1v) is 5.62. The lowest BCUT2D eigenvalue weighted by Gasteiger charge is -2.21. The van der Waals surface area contributed by atoms with Crippen molar-refractivity contribution in [3.8, 4) is 0 Å². The highest BCUT2D eigenvalue weighted by Crippen LogP contribution is 2.26. The van der Waals surface area contributed by atoms with Crippen LogP contribution in [0.2, 0.25) is 0 Å². The lowest BCUT2D eigenvalue weighted by molar-refractivity contribution is -0.134. The summed E-state index contributed by atoms with van der Waals surface area (Å²) >= 11 is 0. The van der Waals surface area contributed by atoms with Crippen LogP contribution in [0.25, 0.3) is 0 Å². The molecule has 0 saturated heterocycles. The summed E-state index contributed by atoms with van der Waals surface area (Å²) < 4.78 is 0. The van der Waals surface area contributed by atoms with Crippen molar-refractivity contribution in [2.75, 3.05) is 13.6 Å². The molecule has 1 aliphatic rings. The van der Waals surface area contributed by atoms with Crippen molar-refractivity contribution in [3.05, 3.63) is 0 Å². The highest BCUT2D eigenvalue weighted by atomic mass is 16.2. The first-order chi connectivity index (χ1) is 6.61. The van der Waals surface area contributed by atoms with Crippen LogP contribution in [0.1, 0.15) is 39.0 Å². The molecule has 1 aliphatic carbocycles. The zero-order chi connectivity index (χ0) is 10.6. The number of hydrogen-bond donors (Lipinski definition) is 1. The van der Waals surface area contributed by atoms with Crippen molar-refractivity contribution in [1.82, 2.24) is 4.90 Å². The Morgan fingerprint density at radius 3 is 2.57 bits per heavy atom. The minimum atomic E-state index is 0.189. The summed E-state index contributed by atoms with van der Waals surface area (Å²) in [5.74, 6) is 0.622. The van der Waals surface area contributed by atoms with Crippen LogP contribution in [0, 0.1) is 5.92 Å². The summed E-state index contributed by atoms with van der Waals surface area (Å²) in [6.45, 7) is 2.78. The second-order valence-electron chi connectivity index (χ2n) is 4.51. The summed E-state index contributed by atoms with van der Waals surface area (Å²) in [6.07, 6.45) is 5.51. The van der Waals surface area contributed by atoms with Gasteiger partial charge >= 0.3 is 0 Å². The van der Waals surface area contributed by atoms with Gasteiger partial charge in [-0.05, 0) is 26.2 Å². The number of amides is 1. The maximum atomic E-state index is 11.8. The Morgan fingerprint density at radius 2 is 2.07 bits per heavy atom. The summed E-state index contributed by atoms with van der Waals surface area (Å²) in [5, 5.41) is 0. The van der Waals surface area contributed by atoms with Gasteiger partial charge in [0.15, 0.2) is 0 Å². The molecule has 1 unspecified atom stereocenters. The molecule has 0 aromatic carbocycles. The number of carbonyl (C=O) groups is 1. The molecular weight excluding hydrogens is 176 g/mol. The predicted octanol–water partition coefficient (Wildman–Crippen LogP) is 1.37. The smallest absolute Gasteiger partial charge is 0.225 e. The first kappa shape index (κ1) is 11.5. The van der Waals surface area contributed by atoms with Gasteiger partial charge in [0.2, 0.25) is 5.91 Å². The van der Waals surface area contributed by atoms with E-state index >= 15 is 0 Å². The fraction of sp³-hybridized carbons (Fsp3) is 0.909. The normalized spacial score (nSPS) is 19.6. The van der Waals surface area contributed by atoms with Crippen LogP contribution >= 0.6 is 0 Å². The predicted molar refractivity (Wildman–Crippen MR) is 57.9 cm³/mol. The molecule has 0 radical (unpaired) electrons. The lowest BCUT2D eigenvalue weighted by Crippen LogP contribution is -2.34. The molecule has 82 valence electrons. The third-order valence-electron chi connectivity index (χ3n) is 3.00. The lowest BCUT2D eigenvalue weighted by atomic mass is 10.1. The van der Waals surface area contributed by atoms with E-state index in [1.165, 1.54) is 12.8 Å². The molecule has 1 fully saturated rings. The van der Waals surface area contributed by atoms with Gasteiger partial charge in [-0.1, -0.05) is 12.8 Å². The van der Waals surface area contributed by atoms with Crippen molar-refractivity contribution in [1.29, 1.82) is 0 Å². The molecule has 1 rings (SSSR count). The van der Waals surface area contributed by atoms with Gasteiger partial charge in [0, 0.05) is 25.6 Å². The van der Waals surface area contributed by atoms with Gasteiger partial charge in [0.25, 0.3) is 0 Å². The zero-order valence-electron chi connectivity index (χ0n) is 9.33. The quantitative estimate of drug-likeness (QED) is 0.741. The Labute approximate surface area is 86.6 Å². The molecule has 0 bridgehead atoms. The van der Waals surface area contributed by atoms with E-state index < -0.39 is 0 Å². The van der Waals surface area contributed by atoms with Crippen molar-refractivity contribution in [2.45, 2.75) is 45.1 Å². The highest BCUT2D eigenvalue weighted by molar-refractivity contribution is 5.78. The molecule has 0 spiro atoms. The van der Waals surface area contributed by atoms with Crippen molar-refractivity contribution < 1.29 is 4.79 Å². The van der Waals surface area contributed by atoms with Crippen molar-refractivity contribution in [3.63, 3.8) is 0 Å². The Kier molecular flexibility index (Phi) is 4.39. The minimum absolute atomic E-state index is 0.189. The number of hydrogen-bond acceptors (Lipinski definition) is 2. The number of rotatable bonds is 4. The second kappa shape index (κ2) is 5.35. The third kappa shape index (κ3) is 3.29. The van der Waals surface area contributed by atoms with Crippen LogP contribution in [0.5, 0.6) is 0 Å². The van der Waals surface area contributed by atoms with Crippen LogP contribution in [0.4, 0.5) is 0 Å². The molecule has 1 amide bonds. The van der Waals surface area contributed by atoms with E-state index in [1.54, 1.807) is 0 Å². The molecule has 3 nitrogen and oxygen atoms in total. The number of nitrogens with zero attached hydrogens (tertiary/aromatic N) is 1. The van der Waals surface area contributed by atoms with Gasteiger partial charge < -0.3 is 10.6 Å². The zero-order valence-corrected chi connectivity index (χ0v) is 9.33. The maximum absolute atomic E-state index is 11.8. The van der Waals surface area contributed by atoms with Crippen LogP contribution in [-0.4, -0.2) is 30.4 Å². The molecule has 2 N–H and O–H groups in total. The third-order valence-corrected chi connectivity index (χ3v) is 3.00. The van der Waals surface area contributed by atoms with Crippen molar-refractivity contribution in [2.24, 2.45) is 11.7 Å². The highest BCUT2D eigenvalue weighted by Gasteiger charge is 2.25. The largest absolute Gasteiger partial charge is 0.345 e. The van der Waals surface area contributed by atoms with E-state index in [0.29, 0.717) is 11.8 Å². The second-order valence-corrected chi connectivity index (χ2v) is 4.51. The summed E-state index contributed by atoms with van der Waals surface area (Å²) in [7, 11) is 1.89. The summed E-state index contributed by atoms with van der Waals surface area (Å²) in [5.41, 5.74) is 5.66. The number of carbonyl (C=O) groups excluding carboxylic acids is 1. The average molecular weight is 198 g/mol. The number of nitrogens with two attached hydrogens (primary N) is 1.